The second-order valence-electron chi connectivity index (χ2n) is 7.12. The van der Waals surface area contributed by atoms with E-state index in [2.05, 4.69) is 15.4 Å². The first-order chi connectivity index (χ1) is 14.9. The van der Waals surface area contributed by atoms with Crippen LogP contribution in [0, 0.1) is 6.92 Å². The van der Waals surface area contributed by atoms with E-state index >= 15 is 0 Å². The number of benzene rings is 2. The number of alkyl halides is 2. The lowest BCUT2D eigenvalue weighted by atomic mass is 10.1. The lowest BCUT2D eigenvalue weighted by molar-refractivity contribution is 0.0955. The van der Waals surface area contributed by atoms with Gasteiger partial charge in [0.25, 0.3) is 12.3 Å². The van der Waals surface area contributed by atoms with Crippen LogP contribution in [0.25, 0.3) is 16.9 Å². The van der Waals surface area contributed by atoms with Gasteiger partial charge in [-0.15, -0.1) is 0 Å². The van der Waals surface area contributed by atoms with Crippen molar-refractivity contribution in [2.45, 2.75) is 19.8 Å². The van der Waals surface area contributed by atoms with E-state index in [1.807, 2.05) is 49.4 Å². The minimum absolute atomic E-state index is 0.0867. The Hall–Kier alpha value is -3.32. The number of nitrogens with zero attached hydrogens (tertiary/aromatic N) is 3. The third-order valence-corrected chi connectivity index (χ3v) is 5.32. The molecule has 2 aromatic heterocycles. The number of rotatable bonds is 6. The highest BCUT2D eigenvalue weighted by Gasteiger charge is 2.21. The Labute approximate surface area is 182 Å². The molecule has 0 radical (unpaired) electrons. The van der Waals surface area contributed by atoms with Gasteiger partial charge in [0.2, 0.25) is 0 Å². The van der Waals surface area contributed by atoms with Crippen molar-refractivity contribution < 1.29 is 13.6 Å². The molecule has 0 fully saturated rings. The van der Waals surface area contributed by atoms with Crippen LogP contribution in [0.5, 0.6) is 0 Å². The summed E-state index contributed by atoms with van der Waals surface area (Å²) in [6.45, 7) is 2.27. The van der Waals surface area contributed by atoms with Crippen molar-refractivity contribution in [2.24, 2.45) is 0 Å². The van der Waals surface area contributed by atoms with Gasteiger partial charge in [0.1, 0.15) is 11.3 Å². The van der Waals surface area contributed by atoms with Gasteiger partial charge in [-0.2, -0.15) is 5.10 Å². The maximum atomic E-state index is 13.7. The Bertz CT molecular complexity index is 1240. The number of fused-ring (bicyclic) bond motifs is 1. The van der Waals surface area contributed by atoms with E-state index in [1.54, 1.807) is 6.07 Å². The summed E-state index contributed by atoms with van der Waals surface area (Å²) in [7, 11) is 0. The van der Waals surface area contributed by atoms with Gasteiger partial charge < -0.3 is 5.32 Å². The molecule has 0 saturated carbocycles. The molecule has 31 heavy (non-hydrogen) atoms. The first-order valence-corrected chi connectivity index (χ1v) is 10.1. The van der Waals surface area contributed by atoms with Crippen LogP contribution in [0.4, 0.5) is 8.78 Å². The molecular formula is C23H19ClF2N4O. The van der Waals surface area contributed by atoms with Crippen LogP contribution >= 0.6 is 11.6 Å². The summed E-state index contributed by atoms with van der Waals surface area (Å²) in [6.07, 6.45) is -0.974. The van der Waals surface area contributed by atoms with E-state index in [0.29, 0.717) is 29.2 Å². The Balaban J connectivity index is 1.64. The monoisotopic (exact) mass is 440 g/mol. The number of nitrogens with one attached hydrogen (secondary N) is 1. The fourth-order valence-electron chi connectivity index (χ4n) is 3.28. The van der Waals surface area contributed by atoms with Gasteiger partial charge in [-0.3, -0.25) is 4.79 Å². The number of halogens is 3. The van der Waals surface area contributed by atoms with E-state index in [9.17, 15) is 13.6 Å². The highest BCUT2D eigenvalue weighted by molar-refractivity contribution is 6.31. The third kappa shape index (κ3) is 4.41. The lowest BCUT2D eigenvalue weighted by Crippen LogP contribution is -2.25. The second kappa shape index (κ2) is 8.81. The van der Waals surface area contributed by atoms with Crippen LogP contribution in [-0.4, -0.2) is 27.0 Å². The summed E-state index contributed by atoms with van der Waals surface area (Å²) in [6, 6.07) is 16.0. The molecule has 0 unspecified atom stereocenters. The van der Waals surface area contributed by atoms with Crippen LogP contribution < -0.4 is 5.32 Å². The summed E-state index contributed by atoms with van der Waals surface area (Å²) < 4.78 is 28.4. The first kappa shape index (κ1) is 20.9. The fourth-order valence-corrected chi connectivity index (χ4v) is 3.51. The minimum atomic E-state index is -2.77. The lowest BCUT2D eigenvalue weighted by Gasteiger charge is -2.09. The number of aryl methyl sites for hydroxylation is 1. The average Bonchev–Trinajstić information content (AvgIpc) is 3.19. The largest absolute Gasteiger partial charge is 0.352 e. The van der Waals surface area contributed by atoms with Crippen molar-refractivity contribution in [3.63, 3.8) is 0 Å². The van der Waals surface area contributed by atoms with Gasteiger partial charge in [-0.05, 0) is 31.0 Å². The van der Waals surface area contributed by atoms with Crippen molar-refractivity contribution >= 4 is 23.2 Å². The molecule has 0 aliphatic carbocycles. The predicted molar refractivity (Wildman–Crippen MR) is 116 cm³/mol. The Morgan fingerprint density at radius 1 is 1.16 bits per heavy atom. The molecule has 4 rings (SSSR count). The molecule has 5 nitrogen and oxygen atoms in total. The van der Waals surface area contributed by atoms with E-state index in [-0.39, 0.29) is 16.9 Å². The van der Waals surface area contributed by atoms with Crippen LogP contribution in [0.2, 0.25) is 5.02 Å². The molecule has 8 heteroatoms. The standard InChI is InChI=1S/C23H19ClF2N4O/c1-14-6-8-16(9-7-14)19-12-20(21(25)26)30-22(29-19)17(13-28-30)23(31)27-11-10-15-4-2-3-5-18(15)24/h2-9,12-13,21H,10-11H2,1H3,(H,27,31). The van der Waals surface area contributed by atoms with Crippen molar-refractivity contribution in [1.29, 1.82) is 0 Å². The first-order valence-electron chi connectivity index (χ1n) is 9.69. The molecule has 2 heterocycles. The van der Waals surface area contributed by atoms with Gasteiger partial charge in [0.15, 0.2) is 5.65 Å². The molecule has 0 atom stereocenters. The van der Waals surface area contributed by atoms with Crippen LogP contribution in [0.3, 0.4) is 0 Å². The maximum absolute atomic E-state index is 13.7. The number of hydrogen-bond acceptors (Lipinski definition) is 3. The molecule has 0 bridgehead atoms. The van der Waals surface area contributed by atoms with E-state index in [1.165, 1.54) is 12.3 Å². The van der Waals surface area contributed by atoms with E-state index < -0.39 is 12.3 Å². The van der Waals surface area contributed by atoms with Gasteiger partial charge in [0.05, 0.1) is 11.9 Å². The van der Waals surface area contributed by atoms with Gasteiger partial charge in [0, 0.05) is 17.1 Å². The molecule has 0 aliphatic heterocycles. The van der Waals surface area contributed by atoms with Gasteiger partial charge in [-0.25, -0.2) is 18.3 Å². The normalized spacial score (nSPS) is 11.3. The Morgan fingerprint density at radius 3 is 2.61 bits per heavy atom. The SMILES string of the molecule is Cc1ccc(-c2cc(C(F)F)n3ncc(C(=O)NCCc4ccccc4Cl)c3n2)cc1. The van der Waals surface area contributed by atoms with Crippen LogP contribution in [0.15, 0.2) is 60.8 Å². The number of amides is 1. The second-order valence-corrected chi connectivity index (χ2v) is 7.53. The smallest absolute Gasteiger partial charge is 0.280 e. The Kier molecular flexibility index (Phi) is 5.95. The number of carbonyl (C=O) groups is 1. The summed E-state index contributed by atoms with van der Waals surface area (Å²) in [4.78, 5) is 17.2. The zero-order chi connectivity index (χ0) is 22.0. The topological polar surface area (TPSA) is 59.3 Å². The molecule has 1 amide bonds. The highest BCUT2D eigenvalue weighted by atomic mass is 35.5. The molecule has 0 saturated heterocycles. The van der Waals surface area contributed by atoms with Crippen molar-refractivity contribution in [2.75, 3.05) is 6.54 Å². The van der Waals surface area contributed by atoms with Crippen molar-refractivity contribution in [1.82, 2.24) is 19.9 Å². The molecule has 4 aromatic rings. The summed E-state index contributed by atoms with van der Waals surface area (Å²) in [5, 5.41) is 7.40. The van der Waals surface area contributed by atoms with Gasteiger partial charge in [-0.1, -0.05) is 59.6 Å². The molecule has 1 N–H and O–H groups in total. The average molecular weight is 441 g/mol. The third-order valence-electron chi connectivity index (χ3n) is 4.95. The molecule has 0 spiro atoms. The number of aromatic nitrogens is 3. The van der Waals surface area contributed by atoms with E-state index in [4.69, 9.17) is 11.6 Å². The van der Waals surface area contributed by atoms with E-state index in [0.717, 1.165) is 15.6 Å². The van der Waals surface area contributed by atoms with Crippen molar-refractivity contribution in [3.8, 4) is 11.3 Å². The zero-order valence-electron chi connectivity index (χ0n) is 16.6. The van der Waals surface area contributed by atoms with Crippen molar-refractivity contribution in [3.05, 3.63) is 88.2 Å². The molecule has 0 aliphatic rings. The van der Waals surface area contributed by atoms with Crippen LogP contribution in [-0.2, 0) is 6.42 Å². The zero-order valence-corrected chi connectivity index (χ0v) is 17.4. The molecule has 2 aromatic carbocycles. The molecule has 158 valence electrons. The fraction of sp³-hybridized carbons (Fsp3) is 0.174. The quantitative estimate of drug-likeness (QED) is 0.444. The van der Waals surface area contributed by atoms with Gasteiger partial charge >= 0.3 is 0 Å². The number of carbonyl (C=O) groups excluding carboxylic acids is 1. The maximum Gasteiger partial charge on any atom is 0.280 e. The Morgan fingerprint density at radius 2 is 1.90 bits per heavy atom. The highest BCUT2D eigenvalue weighted by Crippen LogP contribution is 2.27. The van der Waals surface area contributed by atoms with Crippen LogP contribution in [0.1, 0.15) is 33.6 Å². The summed E-state index contributed by atoms with van der Waals surface area (Å²) in [5.74, 6) is -0.434. The predicted octanol–water partition coefficient (Wildman–Crippen LogP) is 5.27. The number of hydrogen-bond donors (Lipinski definition) is 1. The minimum Gasteiger partial charge on any atom is -0.352 e. The summed E-state index contributed by atoms with van der Waals surface area (Å²) >= 11 is 6.14. The summed E-state index contributed by atoms with van der Waals surface area (Å²) in [5.41, 5.74) is 2.88. The molecular weight excluding hydrogens is 422 g/mol.